The molecular weight excluding hydrogens is 188 g/mol. The lowest BCUT2D eigenvalue weighted by Gasteiger charge is -2.60. The summed E-state index contributed by atoms with van der Waals surface area (Å²) in [5, 5.41) is 9.60. The van der Waals surface area contributed by atoms with Gasteiger partial charge in [-0.05, 0) is 18.4 Å². The van der Waals surface area contributed by atoms with Crippen molar-refractivity contribution in [3.05, 3.63) is 35.9 Å². The maximum absolute atomic E-state index is 9.60. The van der Waals surface area contributed by atoms with Gasteiger partial charge in [-0.25, -0.2) is 0 Å². The lowest BCUT2D eigenvalue weighted by molar-refractivity contribution is -0.195. The molecule has 0 atom stereocenters. The highest BCUT2D eigenvalue weighted by atomic mass is 16.5. The van der Waals surface area contributed by atoms with Gasteiger partial charge in [0.1, 0.15) is 0 Å². The number of benzene rings is 1. The van der Waals surface area contributed by atoms with E-state index in [-0.39, 0.29) is 12.0 Å². The van der Waals surface area contributed by atoms with Gasteiger partial charge in [-0.15, -0.1) is 0 Å². The number of aliphatic hydroxyl groups is 1. The number of ether oxygens (including phenoxy) is 1. The van der Waals surface area contributed by atoms with Crippen LogP contribution in [0, 0.1) is 5.41 Å². The number of hydrogen-bond acceptors (Lipinski definition) is 2. The molecule has 1 aliphatic carbocycles. The van der Waals surface area contributed by atoms with Crippen molar-refractivity contribution in [1.82, 2.24) is 0 Å². The Morgan fingerprint density at radius 1 is 1.13 bits per heavy atom. The van der Waals surface area contributed by atoms with E-state index in [0.29, 0.717) is 5.41 Å². The summed E-state index contributed by atoms with van der Waals surface area (Å²) in [6.07, 6.45) is 2.17. The van der Waals surface area contributed by atoms with Crippen molar-refractivity contribution < 1.29 is 9.84 Å². The molecule has 0 amide bonds. The molecule has 1 aliphatic heterocycles. The van der Waals surface area contributed by atoms with Crippen LogP contribution in [0.25, 0.3) is 0 Å². The van der Waals surface area contributed by atoms with Crippen molar-refractivity contribution >= 4 is 0 Å². The predicted molar refractivity (Wildman–Crippen MR) is 57.7 cm³/mol. The van der Waals surface area contributed by atoms with Crippen LogP contribution < -0.4 is 0 Å². The van der Waals surface area contributed by atoms with Crippen molar-refractivity contribution in [3.8, 4) is 0 Å². The highest BCUT2D eigenvalue weighted by Gasteiger charge is 2.58. The molecule has 80 valence electrons. The molecular formula is C13H16O2. The van der Waals surface area contributed by atoms with E-state index in [0.717, 1.165) is 26.1 Å². The normalized spacial score (nSPS) is 25.7. The Labute approximate surface area is 89.9 Å². The Morgan fingerprint density at radius 2 is 1.80 bits per heavy atom. The molecule has 2 aliphatic rings. The Balaban J connectivity index is 1.84. The molecule has 1 aromatic rings. The smallest absolute Gasteiger partial charge is 0.0545 e. The molecule has 1 aromatic carbocycles. The van der Waals surface area contributed by atoms with E-state index in [1.807, 2.05) is 6.07 Å². The maximum atomic E-state index is 9.60. The lowest BCUT2D eigenvalue weighted by Crippen LogP contribution is -2.61. The first-order valence-electron chi connectivity index (χ1n) is 5.53. The molecule has 0 radical (unpaired) electrons. The minimum Gasteiger partial charge on any atom is -0.395 e. The Hall–Kier alpha value is -0.860. The molecule has 0 bridgehead atoms. The van der Waals surface area contributed by atoms with Crippen LogP contribution in [0.4, 0.5) is 0 Å². The van der Waals surface area contributed by atoms with Gasteiger partial charge in [0.25, 0.3) is 0 Å². The van der Waals surface area contributed by atoms with Crippen molar-refractivity contribution in [2.45, 2.75) is 18.3 Å². The summed E-state index contributed by atoms with van der Waals surface area (Å²) < 4.78 is 5.27. The standard InChI is InChI=1S/C13H16O2/c14-8-13(11-4-2-1-3-5-11)6-12(7-13)9-15-10-12/h1-5,14H,6-10H2. The largest absolute Gasteiger partial charge is 0.395 e. The van der Waals surface area contributed by atoms with Gasteiger partial charge in [0, 0.05) is 10.8 Å². The zero-order valence-electron chi connectivity index (χ0n) is 8.78. The Morgan fingerprint density at radius 3 is 2.27 bits per heavy atom. The van der Waals surface area contributed by atoms with Crippen molar-refractivity contribution in [3.63, 3.8) is 0 Å². The molecule has 2 nitrogen and oxygen atoms in total. The van der Waals surface area contributed by atoms with Crippen LogP contribution in [-0.4, -0.2) is 24.9 Å². The van der Waals surface area contributed by atoms with Crippen LogP contribution in [0.15, 0.2) is 30.3 Å². The van der Waals surface area contributed by atoms with Crippen LogP contribution in [-0.2, 0) is 10.2 Å². The van der Waals surface area contributed by atoms with Crippen LogP contribution >= 0.6 is 0 Å². The summed E-state index contributed by atoms with van der Waals surface area (Å²) >= 11 is 0. The highest BCUT2D eigenvalue weighted by molar-refractivity contribution is 5.31. The first-order valence-corrected chi connectivity index (χ1v) is 5.53. The van der Waals surface area contributed by atoms with E-state index < -0.39 is 0 Å². The van der Waals surface area contributed by atoms with Crippen molar-refractivity contribution in [2.24, 2.45) is 5.41 Å². The van der Waals surface area contributed by atoms with E-state index in [4.69, 9.17) is 4.74 Å². The van der Waals surface area contributed by atoms with E-state index in [9.17, 15) is 5.11 Å². The van der Waals surface area contributed by atoms with Gasteiger partial charge in [0.15, 0.2) is 0 Å². The van der Waals surface area contributed by atoms with E-state index >= 15 is 0 Å². The van der Waals surface area contributed by atoms with E-state index in [2.05, 4.69) is 24.3 Å². The van der Waals surface area contributed by atoms with Gasteiger partial charge in [-0.1, -0.05) is 30.3 Å². The third-order valence-electron chi connectivity index (χ3n) is 3.93. The molecule has 1 heterocycles. The third-order valence-corrected chi connectivity index (χ3v) is 3.93. The molecule has 2 fully saturated rings. The van der Waals surface area contributed by atoms with E-state index in [1.165, 1.54) is 5.56 Å². The average Bonchev–Trinajstić information content (AvgIpc) is 2.17. The first kappa shape index (κ1) is 9.37. The second-order valence-corrected chi connectivity index (χ2v) is 5.15. The molecule has 0 aromatic heterocycles. The first-order chi connectivity index (χ1) is 7.29. The average molecular weight is 204 g/mol. The molecule has 1 N–H and O–H groups in total. The summed E-state index contributed by atoms with van der Waals surface area (Å²) in [5.74, 6) is 0. The zero-order valence-corrected chi connectivity index (χ0v) is 8.78. The molecule has 15 heavy (non-hydrogen) atoms. The minimum atomic E-state index is 0.0189. The quantitative estimate of drug-likeness (QED) is 0.795. The summed E-state index contributed by atoms with van der Waals surface area (Å²) in [6, 6.07) is 10.4. The topological polar surface area (TPSA) is 29.5 Å². The van der Waals surface area contributed by atoms with Gasteiger partial charge in [-0.3, -0.25) is 0 Å². The van der Waals surface area contributed by atoms with Gasteiger partial charge < -0.3 is 9.84 Å². The van der Waals surface area contributed by atoms with Crippen molar-refractivity contribution in [2.75, 3.05) is 19.8 Å². The lowest BCUT2D eigenvalue weighted by atomic mass is 9.50. The number of rotatable bonds is 2. The summed E-state index contributed by atoms with van der Waals surface area (Å²) in [4.78, 5) is 0. The fourth-order valence-electron chi connectivity index (χ4n) is 3.18. The third kappa shape index (κ3) is 1.25. The fourth-order valence-corrected chi connectivity index (χ4v) is 3.18. The highest BCUT2D eigenvalue weighted by Crippen LogP contribution is 2.58. The molecule has 1 saturated carbocycles. The van der Waals surface area contributed by atoms with Gasteiger partial charge in [-0.2, -0.15) is 0 Å². The van der Waals surface area contributed by atoms with E-state index in [1.54, 1.807) is 0 Å². The van der Waals surface area contributed by atoms with Crippen LogP contribution in [0.5, 0.6) is 0 Å². The van der Waals surface area contributed by atoms with Gasteiger partial charge >= 0.3 is 0 Å². The number of aliphatic hydroxyl groups excluding tert-OH is 1. The summed E-state index contributed by atoms with van der Waals surface area (Å²) in [6.45, 7) is 2.04. The Kier molecular flexibility index (Phi) is 1.91. The summed E-state index contributed by atoms with van der Waals surface area (Å²) in [7, 11) is 0. The Bertz CT molecular complexity index is 346. The number of hydrogen-bond donors (Lipinski definition) is 1. The van der Waals surface area contributed by atoms with Crippen LogP contribution in [0.1, 0.15) is 18.4 Å². The van der Waals surface area contributed by atoms with Crippen molar-refractivity contribution in [1.29, 1.82) is 0 Å². The second kappa shape index (κ2) is 3.06. The predicted octanol–water partition coefficient (Wildman–Crippen LogP) is 1.73. The summed E-state index contributed by atoms with van der Waals surface area (Å²) in [5.41, 5.74) is 1.70. The molecule has 1 saturated heterocycles. The monoisotopic (exact) mass is 204 g/mol. The second-order valence-electron chi connectivity index (χ2n) is 5.15. The van der Waals surface area contributed by atoms with Gasteiger partial charge in [0.05, 0.1) is 19.8 Å². The molecule has 2 heteroatoms. The van der Waals surface area contributed by atoms with Crippen LogP contribution in [0.2, 0.25) is 0 Å². The zero-order chi connectivity index (χ0) is 10.4. The molecule has 1 spiro atoms. The SMILES string of the molecule is OCC1(c2ccccc2)CC2(COC2)C1. The fraction of sp³-hybridized carbons (Fsp3) is 0.538. The molecule has 3 rings (SSSR count). The molecule has 0 unspecified atom stereocenters. The van der Waals surface area contributed by atoms with Gasteiger partial charge in [0.2, 0.25) is 0 Å². The minimum absolute atomic E-state index is 0.0189. The maximum Gasteiger partial charge on any atom is 0.0545 e. The van der Waals surface area contributed by atoms with Crippen LogP contribution in [0.3, 0.4) is 0 Å².